The molecule has 2 N–H and O–H groups in total. The van der Waals surface area contributed by atoms with Crippen LogP contribution in [-0.2, 0) is 19.1 Å². The van der Waals surface area contributed by atoms with Gasteiger partial charge in [0.1, 0.15) is 12.3 Å². The molecule has 1 heterocycles. The Hall–Kier alpha value is -2.83. The fourth-order valence-electron chi connectivity index (χ4n) is 2.38. The Morgan fingerprint density at radius 2 is 1.82 bits per heavy atom. The number of hydrogen-bond acceptors (Lipinski definition) is 6. The van der Waals surface area contributed by atoms with Crippen LogP contribution < -0.4 is 0 Å². The number of ketones is 1. The van der Waals surface area contributed by atoms with Crippen LogP contribution in [0.4, 0.5) is 0 Å². The van der Waals surface area contributed by atoms with E-state index < -0.39 is 36.0 Å². The number of ether oxygens (including phenoxy) is 1. The van der Waals surface area contributed by atoms with Crippen molar-refractivity contribution in [2.45, 2.75) is 13.0 Å². The van der Waals surface area contributed by atoms with E-state index in [0.29, 0.717) is 5.56 Å². The Bertz CT molecular complexity index is 661. The van der Waals surface area contributed by atoms with Gasteiger partial charge in [0.15, 0.2) is 11.5 Å². The summed E-state index contributed by atoms with van der Waals surface area (Å²) >= 11 is 0. The fraction of sp³-hybridized carbons (Fsp3) is 0.267. The molecule has 7 nitrogen and oxygen atoms in total. The zero-order chi connectivity index (χ0) is 16.4. The summed E-state index contributed by atoms with van der Waals surface area (Å²) in [7, 11) is 1.18. The predicted molar refractivity (Wildman–Crippen MR) is 74.9 cm³/mol. The van der Waals surface area contributed by atoms with Gasteiger partial charge in [-0.15, -0.1) is 0 Å². The van der Waals surface area contributed by atoms with Gasteiger partial charge in [0.25, 0.3) is 5.91 Å². The highest BCUT2D eigenvalue weighted by atomic mass is 16.5. The summed E-state index contributed by atoms with van der Waals surface area (Å²) in [4.78, 5) is 36.5. The number of carbonyl (C=O) groups excluding carboxylic acids is 3. The third kappa shape index (κ3) is 2.65. The van der Waals surface area contributed by atoms with E-state index in [4.69, 9.17) is 0 Å². The molecule has 2 rings (SSSR count). The van der Waals surface area contributed by atoms with Crippen LogP contribution in [0.3, 0.4) is 0 Å². The zero-order valence-electron chi connectivity index (χ0n) is 12.1. The van der Waals surface area contributed by atoms with Crippen LogP contribution in [0.2, 0.25) is 0 Å². The van der Waals surface area contributed by atoms with Gasteiger partial charge >= 0.3 is 5.97 Å². The highest BCUT2D eigenvalue weighted by Crippen LogP contribution is 2.37. The van der Waals surface area contributed by atoms with E-state index in [1.165, 1.54) is 38.3 Å². The maximum atomic E-state index is 12.1. The lowest BCUT2D eigenvalue weighted by molar-refractivity contribution is -0.146. The number of phenolic OH excluding ortho intramolecular Hbond substituents is 1. The molecule has 0 bridgehead atoms. The second-order valence-electron chi connectivity index (χ2n) is 4.82. The van der Waals surface area contributed by atoms with Gasteiger partial charge in [0.05, 0.1) is 18.7 Å². The Kier molecular flexibility index (Phi) is 4.16. The first-order chi connectivity index (χ1) is 10.4. The third-order valence-corrected chi connectivity index (χ3v) is 3.42. The Balaban J connectivity index is 2.50. The number of carbonyl (C=O) groups is 3. The van der Waals surface area contributed by atoms with Crippen molar-refractivity contribution < 1.29 is 29.3 Å². The molecule has 0 aliphatic carbocycles. The average Bonchev–Trinajstić information content (AvgIpc) is 2.73. The number of methoxy groups -OCH3 is 1. The quantitative estimate of drug-likeness (QED) is 0.799. The number of hydrogen-bond donors (Lipinski definition) is 2. The largest absolute Gasteiger partial charge is 0.508 e. The summed E-state index contributed by atoms with van der Waals surface area (Å²) in [5.41, 5.74) is 0.406. The number of benzene rings is 1. The van der Waals surface area contributed by atoms with Crippen LogP contribution in [0.25, 0.3) is 0 Å². The highest BCUT2D eigenvalue weighted by Gasteiger charge is 2.43. The van der Waals surface area contributed by atoms with Crippen LogP contribution in [-0.4, -0.2) is 46.4 Å². The molecule has 22 heavy (non-hydrogen) atoms. The maximum absolute atomic E-state index is 12.1. The molecule has 1 atom stereocenters. The summed E-state index contributed by atoms with van der Waals surface area (Å²) < 4.78 is 4.54. The van der Waals surface area contributed by atoms with Gasteiger partial charge in [0, 0.05) is 0 Å². The molecule has 0 fully saturated rings. The first-order valence-electron chi connectivity index (χ1n) is 6.47. The molecule has 1 aromatic carbocycles. The molecule has 1 aliphatic rings. The summed E-state index contributed by atoms with van der Waals surface area (Å²) in [5, 5.41) is 19.3. The molecule has 0 unspecified atom stereocenters. The van der Waals surface area contributed by atoms with Crippen molar-refractivity contribution in [3.8, 4) is 5.75 Å². The second-order valence-corrected chi connectivity index (χ2v) is 4.82. The van der Waals surface area contributed by atoms with E-state index in [1.54, 1.807) is 0 Å². The maximum Gasteiger partial charge on any atom is 0.325 e. The number of Topliss-reactive ketones (excluding diaryl/α,β-unsaturated/α-hetero) is 1. The molecule has 0 spiro atoms. The molecule has 7 heteroatoms. The Labute approximate surface area is 126 Å². The molecular formula is C15H15NO6. The molecule has 1 aliphatic heterocycles. The predicted octanol–water partition coefficient (Wildman–Crippen LogP) is 0.850. The topological polar surface area (TPSA) is 104 Å². The molecule has 1 amide bonds. The van der Waals surface area contributed by atoms with Crippen LogP contribution in [0, 0.1) is 0 Å². The molecule has 116 valence electrons. The van der Waals surface area contributed by atoms with Crippen LogP contribution >= 0.6 is 0 Å². The van der Waals surface area contributed by atoms with Crippen molar-refractivity contribution in [1.82, 2.24) is 4.90 Å². The van der Waals surface area contributed by atoms with Crippen molar-refractivity contribution in [1.29, 1.82) is 0 Å². The number of aliphatic hydroxyl groups excluding tert-OH is 1. The minimum Gasteiger partial charge on any atom is -0.508 e. The molecule has 0 saturated carbocycles. The number of rotatable bonds is 4. The Morgan fingerprint density at radius 1 is 1.23 bits per heavy atom. The molecule has 0 radical (unpaired) electrons. The number of aromatic hydroxyl groups is 1. The molecule has 0 saturated heterocycles. The number of amides is 1. The number of phenols is 1. The SMILES string of the molecule is COC(=O)CN1C(=O)C(O)=C(C(C)=O)[C@H]1c1ccc(O)cc1. The van der Waals surface area contributed by atoms with Gasteiger partial charge < -0.3 is 19.8 Å². The van der Waals surface area contributed by atoms with E-state index in [1.807, 2.05) is 0 Å². The van der Waals surface area contributed by atoms with Crippen molar-refractivity contribution in [3.05, 3.63) is 41.2 Å². The van der Waals surface area contributed by atoms with E-state index in [9.17, 15) is 24.6 Å². The summed E-state index contributed by atoms with van der Waals surface area (Å²) in [6.45, 7) is 0.829. The van der Waals surface area contributed by atoms with Crippen LogP contribution in [0.1, 0.15) is 18.5 Å². The molecule has 1 aromatic rings. The van der Waals surface area contributed by atoms with E-state index in [-0.39, 0.29) is 11.3 Å². The normalized spacial score (nSPS) is 17.8. The van der Waals surface area contributed by atoms with Crippen molar-refractivity contribution >= 4 is 17.7 Å². The second kappa shape index (κ2) is 5.88. The minimum absolute atomic E-state index is 0.0187. The lowest BCUT2D eigenvalue weighted by Gasteiger charge is -2.25. The van der Waals surface area contributed by atoms with E-state index in [0.717, 1.165) is 4.90 Å². The third-order valence-electron chi connectivity index (χ3n) is 3.42. The fourth-order valence-corrected chi connectivity index (χ4v) is 2.38. The highest BCUT2D eigenvalue weighted by molar-refractivity contribution is 6.08. The van der Waals surface area contributed by atoms with Crippen molar-refractivity contribution in [2.75, 3.05) is 13.7 Å². The van der Waals surface area contributed by atoms with Gasteiger partial charge in [-0.1, -0.05) is 12.1 Å². The number of nitrogens with zero attached hydrogens (tertiary/aromatic N) is 1. The first-order valence-corrected chi connectivity index (χ1v) is 6.47. The standard InChI is InChI=1S/C15H15NO6/c1-8(17)12-13(9-3-5-10(18)6-4-9)16(7-11(19)22-2)15(21)14(12)20/h3-6,13,18,20H,7H2,1-2H3/t13-/m1/s1. The van der Waals surface area contributed by atoms with Gasteiger partial charge in [-0.05, 0) is 24.6 Å². The number of aliphatic hydroxyl groups is 1. The minimum atomic E-state index is -0.898. The van der Waals surface area contributed by atoms with Gasteiger partial charge in [-0.2, -0.15) is 0 Å². The van der Waals surface area contributed by atoms with Gasteiger partial charge in [-0.25, -0.2) is 0 Å². The van der Waals surface area contributed by atoms with E-state index >= 15 is 0 Å². The molecule has 0 aromatic heterocycles. The monoisotopic (exact) mass is 305 g/mol. The lowest BCUT2D eigenvalue weighted by Crippen LogP contribution is -2.36. The van der Waals surface area contributed by atoms with E-state index in [2.05, 4.69) is 4.74 Å². The summed E-state index contributed by atoms with van der Waals surface area (Å²) in [6, 6.07) is 4.91. The zero-order valence-corrected chi connectivity index (χ0v) is 12.1. The summed E-state index contributed by atoms with van der Waals surface area (Å²) in [6.07, 6.45) is 0. The Morgan fingerprint density at radius 3 is 2.32 bits per heavy atom. The van der Waals surface area contributed by atoms with Crippen molar-refractivity contribution in [2.24, 2.45) is 0 Å². The molecular weight excluding hydrogens is 290 g/mol. The summed E-state index contributed by atoms with van der Waals surface area (Å²) in [5.74, 6) is -2.61. The number of esters is 1. The lowest BCUT2D eigenvalue weighted by atomic mass is 9.97. The van der Waals surface area contributed by atoms with Gasteiger partial charge in [-0.3, -0.25) is 14.4 Å². The first kappa shape index (κ1) is 15.6. The van der Waals surface area contributed by atoms with Crippen LogP contribution in [0.5, 0.6) is 5.75 Å². The van der Waals surface area contributed by atoms with Crippen molar-refractivity contribution in [3.63, 3.8) is 0 Å². The van der Waals surface area contributed by atoms with Crippen LogP contribution in [0.15, 0.2) is 35.6 Å². The average molecular weight is 305 g/mol. The van der Waals surface area contributed by atoms with Gasteiger partial charge in [0.2, 0.25) is 0 Å². The smallest absolute Gasteiger partial charge is 0.325 e.